The SMILES string of the molecule is CC.CC(=O)CCC/C=C\C[C@@H]1[C@@H](C=C[C@@H](O)CCc2ccccc2)[C@H](O)C[C@@H]1O. The van der Waals surface area contributed by atoms with Gasteiger partial charge in [-0.2, -0.15) is 0 Å². The Balaban J connectivity index is 0.00000218. The molecular formula is C26H40O4. The molecule has 1 aromatic carbocycles. The van der Waals surface area contributed by atoms with E-state index in [2.05, 4.69) is 6.08 Å². The van der Waals surface area contributed by atoms with Crippen LogP contribution >= 0.6 is 0 Å². The van der Waals surface area contributed by atoms with Crippen molar-refractivity contribution in [1.29, 1.82) is 0 Å². The van der Waals surface area contributed by atoms with Crippen LogP contribution in [0.5, 0.6) is 0 Å². The topological polar surface area (TPSA) is 77.8 Å². The molecule has 3 N–H and O–H groups in total. The summed E-state index contributed by atoms with van der Waals surface area (Å²) in [6.45, 7) is 5.60. The van der Waals surface area contributed by atoms with Crippen molar-refractivity contribution in [2.75, 3.05) is 0 Å². The van der Waals surface area contributed by atoms with E-state index in [0.29, 0.717) is 25.7 Å². The number of aliphatic hydroxyl groups excluding tert-OH is 3. The second kappa shape index (κ2) is 15.1. The number of benzene rings is 1. The van der Waals surface area contributed by atoms with Gasteiger partial charge in [-0.1, -0.05) is 68.5 Å². The van der Waals surface area contributed by atoms with Crippen LogP contribution in [0.1, 0.15) is 64.9 Å². The molecule has 0 aromatic heterocycles. The van der Waals surface area contributed by atoms with E-state index in [4.69, 9.17) is 0 Å². The van der Waals surface area contributed by atoms with E-state index in [1.165, 1.54) is 5.56 Å². The average molecular weight is 417 g/mol. The highest BCUT2D eigenvalue weighted by Crippen LogP contribution is 2.36. The van der Waals surface area contributed by atoms with Gasteiger partial charge in [-0.15, -0.1) is 0 Å². The predicted octanol–water partition coefficient (Wildman–Crippen LogP) is 4.63. The number of unbranched alkanes of at least 4 members (excludes halogenated alkanes) is 1. The first kappa shape index (κ1) is 26.3. The Morgan fingerprint density at radius 1 is 1.13 bits per heavy atom. The van der Waals surface area contributed by atoms with Gasteiger partial charge in [-0.05, 0) is 50.5 Å². The molecule has 1 fully saturated rings. The summed E-state index contributed by atoms with van der Waals surface area (Å²) < 4.78 is 0. The zero-order valence-corrected chi connectivity index (χ0v) is 18.8. The summed E-state index contributed by atoms with van der Waals surface area (Å²) in [4.78, 5) is 10.9. The maximum atomic E-state index is 10.9. The van der Waals surface area contributed by atoms with Crippen LogP contribution in [0.3, 0.4) is 0 Å². The van der Waals surface area contributed by atoms with Crippen LogP contribution in [0.4, 0.5) is 0 Å². The third-order valence-electron chi connectivity index (χ3n) is 5.52. The van der Waals surface area contributed by atoms with E-state index in [9.17, 15) is 20.1 Å². The number of allylic oxidation sites excluding steroid dienone is 2. The van der Waals surface area contributed by atoms with Crippen LogP contribution in [-0.4, -0.2) is 39.4 Å². The number of aliphatic hydroxyl groups is 3. The third kappa shape index (κ3) is 9.84. The summed E-state index contributed by atoms with van der Waals surface area (Å²) >= 11 is 0. The summed E-state index contributed by atoms with van der Waals surface area (Å²) in [7, 11) is 0. The Kier molecular flexibility index (Phi) is 13.2. The molecule has 2 rings (SSSR count). The molecule has 5 atom stereocenters. The lowest BCUT2D eigenvalue weighted by atomic mass is 9.89. The Morgan fingerprint density at radius 3 is 2.50 bits per heavy atom. The van der Waals surface area contributed by atoms with Crippen LogP contribution in [0, 0.1) is 11.8 Å². The van der Waals surface area contributed by atoms with Crippen molar-refractivity contribution < 1.29 is 20.1 Å². The lowest BCUT2D eigenvalue weighted by Gasteiger charge is -2.19. The predicted molar refractivity (Wildman–Crippen MR) is 123 cm³/mol. The van der Waals surface area contributed by atoms with Gasteiger partial charge in [-0.3, -0.25) is 0 Å². The molecule has 0 amide bonds. The summed E-state index contributed by atoms with van der Waals surface area (Å²) in [5.41, 5.74) is 1.19. The van der Waals surface area contributed by atoms with Gasteiger partial charge in [0.1, 0.15) is 5.78 Å². The lowest BCUT2D eigenvalue weighted by Crippen LogP contribution is -2.20. The first-order valence-corrected chi connectivity index (χ1v) is 11.4. The molecule has 1 saturated carbocycles. The highest BCUT2D eigenvalue weighted by molar-refractivity contribution is 5.75. The molecule has 4 nitrogen and oxygen atoms in total. The quantitative estimate of drug-likeness (QED) is 0.363. The second-order valence-electron chi connectivity index (χ2n) is 7.89. The molecule has 0 aliphatic heterocycles. The Bertz CT molecular complexity index is 638. The van der Waals surface area contributed by atoms with Crippen LogP contribution in [0.25, 0.3) is 0 Å². The molecule has 0 saturated heterocycles. The highest BCUT2D eigenvalue weighted by atomic mass is 16.3. The number of rotatable bonds is 11. The van der Waals surface area contributed by atoms with Gasteiger partial charge in [0.05, 0.1) is 18.3 Å². The minimum absolute atomic E-state index is 0.0448. The Labute approximate surface area is 182 Å². The van der Waals surface area contributed by atoms with Gasteiger partial charge < -0.3 is 20.1 Å². The van der Waals surface area contributed by atoms with Gasteiger partial charge in [0.15, 0.2) is 0 Å². The number of hydrogen-bond donors (Lipinski definition) is 3. The minimum atomic E-state index is -0.580. The Morgan fingerprint density at radius 2 is 1.83 bits per heavy atom. The van der Waals surface area contributed by atoms with Gasteiger partial charge in [0.25, 0.3) is 0 Å². The lowest BCUT2D eigenvalue weighted by molar-refractivity contribution is -0.117. The number of hydrogen-bond acceptors (Lipinski definition) is 4. The number of carbonyl (C=O) groups is 1. The van der Waals surface area contributed by atoms with Crippen LogP contribution < -0.4 is 0 Å². The van der Waals surface area contributed by atoms with Crippen molar-refractivity contribution >= 4 is 5.78 Å². The number of Topliss-reactive ketones (excluding diaryl/α,β-unsaturated/α-hetero) is 1. The molecule has 1 aromatic rings. The third-order valence-corrected chi connectivity index (χ3v) is 5.52. The van der Waals surface area contributed by atoms with E-state index in [1.54, 1.807) is 13.0 Å². The zero-order valence-electron chi connectivity index (χ0n) is 18.8. The highest BCUT2D eigenvalue weighted by Gasteiger charge is 2.39. The maximum Gasteiger partial charge on any atom is 0.129 e. The van der Waals surface area contributed by atoms with Gasteiger partial charge in [-0.25, -0.2) is 0 Å². The first-order chi connectivity index (χ1) is 14.5. The molecule has 168 valence electrons. The van der Waals surface area contributed by atoms with Crippen molar-refractivity contribution in [1.82, 2.24) is 0 Å². The molecule has 1 aliphatic carbocycles. The molecule has 0 radical (unpaired) electrons. The average Bonchev–Trinajstić information content (AvgIpc) is 3.01. The van der Waals surface area contributed by atoms with Crippen molar-refractivity contribution in [2.24, 2.45) is 11.8 Å². The van der Waals surface area contributed by atoms with E-state index in [1.807, 2.05) is 56.3 Å². The second-order valence-corrected chi connectivity index (χ2v) is 7.89. The van der Waals surface area contributed by atoms with E-state index >= 15 is 0 Å². The Hall–Kier alpha value is -1.75. The van der Waals surface area contributed by atoms with Crippen molar-refractivity contribution in [2.45, 2.75) is 84.0 Å². The summed E-state index contributed by atoms with van der Waals surface area (Å²) in [5.74, 6) is 0.0126. The summed E-state index contributed by atoms with van der Waals surface area (Å²) in [6.07, 6.45) is 10.8. The molecule has 0 heterocycles. The number of ketones is 1. The van der Waals surface area contributed by atoms with E-state index in [-0.39, 0.29) is 17.6 Å². The zero-order chi connectivity index (χ0) is 22.4. The number of aryl methyl sites for hydroxylation is 1. The molecule has 1 aliphatic rings. The normalized spacial score (nSPS) is 24.7. The molecule has 0 spiro atoms. The molecule has 0 bridgehead atoms. The molecule has 4 heteroatoms. The van der Waals surface area contributed by atoms with Crippen LogP contribution in [0.2, 0.25) is 0 Å². The summed E-state index contributed by atoms with van der Waals surface area (Å²) in [6, 6.07) is 10.1. The van der Waals surface area contributed by atoms with Gasteiger partial charge >= 0.3 is 0 Å². The van der Waals surface area contributed by atoms with E-state index in [0.717, 1.165) is 19.3 Å². The largest absolute Gasteiger partial charge is 0.393 e. The van der Waals surface area contributed by atoms with Crippen molar-refractivity contribution in [3.8, 4) is 0 Å². The van der Waals surface area contributed by atoms with Gasteiger partial charge in [0.2, 0.25) is 0 Å². The monoisotopic (exact) mass is 416 g/mol. The summed E-state index contributed by atoms with van der Waals surface area (Å²) in [5, 5.41) is 30.8. The van der Waals surface area contributed by atoms with Crippen molar-refractivity contribution in [3.63, 3.8) is 0 Å². The maximum absolute atomic E-state index is 10.9. The molecular weight excluding hydrogens is 376 g/mol. The van der Waals surface area contributed by atoms with Gasteiger partial charge in [0, 0.05) is 18.8 Å². The standard InChI is InChI=1S/C24H34O4.C2H6/c1-18(25)9-5-2-3-8-12-21-22(24(28)17-23(21)27)16-15-20(26)14-13-19-10-6-4-7-11-19;1-2/h3-4,6-8,10-11,15-16,20-24,26-28H,2,5,9,12-14,17H2,1H3;1-2H3/b8-3-,16-15?;/t20-,21+,22+,23-,24+;/m0./s1. The number of carbonyl (C=O) groups excluding carboxylic acids is 1. The van der Waals surface area contributed by atoms with Crippen molar-refractivity contribution in [3.05, 3.63) is 60.2 Å². The van der Waals surface area contributed by atoms with E-state index < -0.39 is 18.3 Å². The fraction of sp³-hybridized carbons (Fsp3) is 0.577. The first-order valence-electron chi connectivity index (χ1n) is 11.4. The fourth-order valence-electron chi connectivity index (χ4n) is 3.86. The smallest absolute Gasteiger partial charge is 0.129 e. The van der Waals surface area contributed by atoms with Crippen LogP contribution in [-0.2, 0) is 11.2 Å². The van der Waals surface area contributed by atoms with Crippen LogP contribution in [0.15, 0.2) is 54.6 Å². The minimum Gasteiger partial charge on any atom is -0.393 e. The fourth-order valence-corrected chi connectivity index (χ4v) is 3.86. The molecule has 30 heavy (non-hydrogen) atoms. The molecule has 0 unspecified atom stereocenters.